The lowest BCUT2D eigenvalue weighted by molar-refractivity contribution is -0.131. The minimum Gasteiger partial charge on any atom is -0.340 e. The van der Waals surface area contributed by atoms with E-state index in [1.165, 1.54) is 27.8 Å². The van der Waals surface area contributed by atoms with Crippen molar-refractivity contribution in [3.8, 4) is 10.4 Å². The Balaban J connectivity index is 1.55. The van der Waals surface area contributed by atoms with Crippen LogP contribution in [0.4, 0.5) is 0 Å². The van der Waals surface area contributed by atoms with Gasteiger partial charge in [-0.05, 0) is 36.6 Å². The first-order valence-corrected chi connectivity index (χ1v) is 10.6. The van der Waals surface area contributed by atoms with E-state index < -0.39 is 0 Å². The number of rotatable bonds is 5. The smallest absolute Gasteiger partial charge is 0.262 e. The normalized spacial score (nSPS) is 11.0. The van der Waals surface area contributed by atoms with E-state index in [2.05, 4.69) is 18.0 Å². The number of aryl methyl sites for hydroxylation is 2. The second-order valence-corrected chi connectivity index (χ2v) is 8.58. The van der Waals surface area contributed by atoms with E-state index in [0.717, 1.165) is 21.6 Å². The quantitative estimate of drug-likeness (QED) is 0.484. The van der Waals surface area contributed by atoms with Gasteiger partial charge in [-0.2, -0.15) is 0 Å². The standard InChI is InChI=1S/C24H23N3O2S/c1-16-9-10-19(17(2)11-16)13-26(3)22(28)14-27-15-25-23-20(24(27)29)12-21(30-23)18-7-5-4-6-8-18/h4-12,15H,13-14H2,1-3H3. The Bertz CT molecular complexity index is 1270. The first-order chi connectivity index (χ1) is 14.4. The molecule has 0 bridgehead atoms. The van der Waals surface area contributed by atoms with Crippen molar-refractivity contribution in [3.63, 3.8) is 0 Å². The molecule has 1 amide bonds. The SMILES string of the molecule is Cc1ccc(CN(C)C(=O)Cn2cnc3sc(-c4ccccc4)cc3c2=O)c(C)c1. The summed E-state index contributed by atoms with van der Waals surface area (Å²) in [5.41, 5.74) is 4.31. The molecule has 0 saturated heterocycles. The van der Waals surface area contributed by atoms with Gasteiger partial charge >= 0.3 is 0 Å². The summed E-state index contributed by atoms with van der Waals surface area (Å²) in [6.07, 6.45) is 1.47. The van der Waals surface area contributed by atoms with Crippen LogP contribution in [0.5, 0.6) is 0 Å². The van der Waals surface area contributed by atoms with E-state index in [4.69, 9.17) is 0 Å². The van der Waals surface area contributed by atoms with Gasteiger partial charge in [0.25, 0.3) is 5.56 Å². The maximum absolute atomic E-state index is 12.9. The van der Waals surface area contributed by atoms with Crippen LogP contribution in [0.25, 0.3) is 20.7 Å². The largest absolute Gasteiger partial charge is 0.340 e. The Morgan fingerprint density at radius 1 is 1.10 bits per heavy atom. The highest BCUT2D eigenvalue weighted by molar-refractivity contribution is 7.21. The maximum atomic E-state index is 12.9. The molecule has 0 radical (unpaired) electrons. The van der Waals surface area contributed by atoms with Gasteiger partial charge in [-0.25, -0.2) is 4.98 Å². The van der Waals surface area contributed by atoms with E-state index in [-0.39, 0.29) is 18.0 Å². The minimum absolute atomic E-state index is 0.0281. The van der Waals surface area contributed by atoms with Crippen molar-refractivity contribution < 1.29 is 4.79 Å². The fraction of sp³-hybridized carbons (Fsp3) is 0.208. The third kappa shape index (κ3) is 4.04. The molecular formula is C24H23N3O2S. The summed E-state index contributed by atoms with van der Waals surface area (Å²) in [4.78, 5) is 33.4. The number of hydrogen-bond acceptors (Lipinski definition) is 4. The van der Waals surface area contributed by atoms with Crippen LogP contribution in [0.3, 0.4) is 0 Å². The van der Waals surface area contributed by atoms with Crippen LogP contribution < -0.4 is 5.56 Å². The highest BCUT2D eigenvalue weighted by atomic mass is 32.1. The number of hydrogen-bond donors (Lipinski definition) is 0. The average molecular weight is 418 g/mol. The van der Waals surface area contributed by atoms with E-state index in [1.807, 2.05) is 55.5 Å². The molecular weight excluding hydrogens is 394 g/mol. The zero-order valence-corrected chi connectivity index (χ0v) is 18.1. The van der Waals surface area contributed by atoms with E-state index >= 15 is 0 Å². The fourth-order valence-electron chi connectivity index (χ4n) is 3.45. The molecule has 2 aromatic carbocycles. The molecule has 0 unspecified atom stereocenters. The molecule has 6 heteroatoms. The first-order valence-electron chi connectivity index (χ1n) is 9.77. The Morgan fingerprint density at radius 2 is 1.87 bits per heavy atom. The summed E-state index contributed by atoms with van der Waals surface area (Å²) in [5.74, 6) is -0.128. The summed E-state index contributed by atoms with van der Waals surface area (Å²) in [7, 11) is 1.76. The Morgan fingerprint density at radius 3 is 2.60 bits per heavy atom. The number of fused-ring (bicyclic) bond motifs is 1. The number of aromatic nitrogens is 2. The maximum Gasteiger partial charge on any atom is 0.262 e. The van der Waals surface area contributed by atoms with Gasteiger partial charge in [0, 0.05) is 18.5 Å². The number of nitrogens with zero attached hydrogens (tertiary/aromatic N) is 3. The fourth-order valence-corrected chi connectivity index (χ4v) is 4.45. The Kier molecular flexibility index (Phi) is 5.50. The molecule has 2 aromatic heterocycles. The molecule has 152 valence electrons. The average Bonchev–Trinajstić information content (AvgIpc) is 3.18. The van der Waals surface area contributed by atoms with Gasteiger partial charge in [-0.3, -0.25) is 14.2 Å². The minimum atomic E-state index is -0.188. The number of carbonyl (C=O) groups excluding carboxylic acids is 1. The monoisotopic (exact) mass is 417 g/mol. The molecule has 0 aliphatic rings. The lowest BCUT2D eigenvalue weighted by atomic mass is 10.1. The first kappa shape index (κ1) is 20.0. The second-order valence-electron chi connectivity index (χ2n) is 7.55. The van der Waals surface area contributed by atoms with Crippen molar-refractivity contribution in [1.29, 1.82) is 0 Å². The van der Waals surface area contributed by atoms with Crippen molar-refractivity contribution in [2.45, 2.75) is 26.9 Å². The van der Waals surface area contributed by atoms with Crippen molar-refractivity contribution in [3.05, 3.63) is 88.0 Å². The summed E-state index contributed by atoms with van der Waals surface area (Å²) >= 11 is 1.48. The summed E-state index contributed by atoms with van der Waals surface area (Å²) in [6.45, 7) is 4.57. The predicted octanol–water partition coefficient (Wildman–Crippen LogP) is 4.40. The van der Waals surface area contributed by atoms with Crippen LogP contribution in [0.2, 0.25) is 0 Å². The molecule has 4 aromatic rings. The zero-order chi connectivity index (χ0) is 21.3. The molecule has 0 atom stereocenters. The van der Waals surface area contributed by atoms with Gasteiger partial charge in [0.1, 0.15) is 11.4 Å². The molecule has 0 aliphatic carbocycles. The summed E-state index contributed by atoms with van der Waals surface area (Å²) in [6, 6.07) is 18.0. The van der Waals surface area contributed by atoms with E-state index in [0.29, 0.717) is 16.8 Å². The van der Waals surface area contributed by atoms with Gasteiger partial charge in [-0.1, -0.05) is 54.1 Å². The van der Waals surface area contributed by atoms with Crippen molar-refractivity contribution >= 4 is 27.5 Å². The topological polar surface area (TPSA) is 55.2 Å². The molecule has 0 fully saturated rings. The predicted molar refractivity (Wildman–Crippen MR) is 122 cm³/mol. The van der Waals surface area contributed by atoms with E-state index in [9.17, 15) is 9.59 Å². The van der Waals surface area contributed by atoms with Crippen LogP contribution in [0.1, 0.15) is 16.7 Å². The Hall–Kier alpha value is -3.25. The number of benzene rings is 2. The van der Waals surface area contributed by atoms with Gasteiger partial charge < -0.3 is 4.90 Å². The molecule has 0 saturated carbocycles. The summed E-state index contributed by atoms with van der Waals surface area (Å²) in [5, 5.41) is 0.547. The van der Waals surface area contributed by atoms with Crippen LogP contribution in [0.15, 0.2) is 65.7 Å². The van der Waals surface area contributed by atoms with Crippen LogP contribution in [-0.4, -0.2) is 27.4 Å². The number of thiophene rings is 1. The molecule has 0 aliphatic heterocycles. The van der Waals surface area contributed by atoms with Crippen molar-refractivity contribution in [1.82, 2.24) is 14.5 Å². The van der Waals surface area contributed by atoms with Gasteiger partial charge in [0.05, 0.1) is 11.7 Å². The van der Waals surface area contributed by atoms with Crippen LogP contribution >= 0.6 is 11.3 Å². The lowest BCUT2D eigenvalue weighted by Crippen LogP contribution is -2.33. The lowest BCUT2D eigenvalue weighted by Gasteiger charge is -2.19. The molecule has 5 nitrogen and oxygen atoms in total. The van der Waals surface area contributed by atoms with Gasteiger partial charge in [0.15, 0.2) is 0 Å². The molecule has 4 rings (SSSR count). The molecule has 30 heavy (non-hydrogen) atoms. The number of amides is 1. The number of carbonyl (C=O) groups is 1. The zero-order valence-electron chi connectivity index (χ0n) is 17.3. The van der Waals surface area contributed by atoms with Crippen LogP contribution in [0, 0.1) is 13.8 Å². The molecule has 2 heterocycles. The van der Waals surface area contributed by atoms with Crippen molar-refractivity contribution in [2.75, 3.05) is 7.05 Å². The molecule has 0 N–H and O–H groups in total. The number of likely N-dealkylation sites (N-methyl/N-ethyl adjacent to an activating group) is 1. The Labute approximate surface area is 179 Å². The highest BCUT2D eigenvalue weighted by Gasteiger charge is 2.15. The second kappa shape index (κ2) is 8.24. The van der Waals surface area contributed by atoms with E-state index in [1.54, 1.807) is 11.9 Å². The third-order valence-electron chi connectivity index (χ3n) is 5.21. The van der Waals surface area contributed by atoms with Crippen molar-refractivity contribution in [2.24, 2.45) is 0 Å². The third-order valence-corrected chi connectivity index (χ3v) is 6.31. The summed E-state index contributed by atoms with van der Waals surface area (Å²) < 4.78 is 1.39. The van der Waals surface area contributed by atoms with Crippen LogP contribution in [-0.2, 0) is 17.9 Å². The van der Waals surface area contributed by atoms with Gasteiger partial charge in [-0.15, -0.1) is 11.3 Å². The highest BCUT2D eigenvalue weighted by Crippen LogP contribution is 2.30. The molecule has 0 spiro atoms. The van der Waals surface area contributed by atoms with Gasteiger partial charge in [0.2, 0.25) is 5.91 Å².